The van der Waals surface area contributed by atoms with Gasteiger partial charge in [0, 0.05) is 23.3 Å². The van der Waals surface area contributed by atoms with Crippen LogP contribution in [-0.4, -0.2) is 27.3 Å². The summed E-state index contributed by atoms with van der Waals surface area (Å²) < 4.78 is 7.14. The number of nitrogens with zero attached hydrogens (tertiary/aromatic N) is 1. The van der Waals surface area contributed by atoms with Crippen molar-refractivity contribution in [2.45, 2.75) is 89.8 Å². The molecule has 0 aliphatic heterocycles. The summed E-state index contributed by atoms with van der Waals surface area (Å²) in [5.74, 6) is 0. The molecule has 1 saturated carbocycles. The van der Waals surface area contributed by atoms with E-state index in [2.05, 4.69) is 10.3 Å². The molecule has 0 aromatic carbocycles. The maximum Gasteiger partial charge on any atom is 0.407 e. The lowest BCUT2D eigenvalue weighted by atomic mass is 9.89. The summed E-state index contributed by atoms with van der Waals surface area (Å²) >= 11 is 0. The Hall–Kier alpha value is -2.05. The Balaban J connectivity index is 1.79. The number of nitrogens with one attached hydrogen (secondary N) is 2. The topological polar surface area (TPSA) is 93.2 Å². The molecule has 1 fully saturated rings. The molecule has 0 radical (unpaired) electrons. The minimum atomic E-state index is -0.535. The average molecular weight is 363 g/mol. The minimum Gasteiger partial charge on any atom is -0.444 e. The van der Waals surface area contributed by atoms with Crippen LogP contribution >= 0.6 is 0 Å². The van der Waals surface area contributed by atoms with Gasteiger partial charge < -0.3 is 10.1 Å². The van der Waals surface area contributed by atoms with E-state index in [0.717, 1.165) is 56.2 Å². The summed E-state index contributed by atoms with van der Waals surface area (Å²) in [6, 6.07) is -0.0263. The van der Waals surface area contributed by atoms with Gasteiger partial charge in [0.05, 0.1) is 0 Å². The Morgan fingerprint density at radius 1 is 1.15 bits per heavy atom. The minimum absolute atomic E-state index is 0.000105. The van der Waals surface area contributed by atoms with Crippen LogP contribution in [0.3, 0.4) is 0 Å². The highest BCUT2D eigenvalue weighted by Crippen LogP contribution is 2.30. The summed E-state index contributed by atoms with van der Waals surface area (Å²) in [5.41, 5.74) is 0.567. The summed E-state index contributed by atoms with van der Waals surface area (Å²) in [6.45, 7) is 5.51. The molecule has 2 atom stereocenters. The Labute approximate surface area is 153 Å². The number of ether oxygens (including phenoxy) is 1. The van der Waals surface area contributed by atoms with E-state index in [1.165, 1.54) is 0 Å². The number of alkyl carbamates (subject to hydrolysis) is 1. The lowest BCUT2D eigenvalue weighted by Gasteiger charge is -2.33. The van der Waals surface area contributed by atoms with Crippen LogP contribution in [0.25, 0.3) is 0 Å². The van der Waals surface area contributed by atoms with Crippen LogP contribution in [0, 0.1) is 0 Å². The monoisotopic (exact) mass is 363 g/mol. The molecular formula is C19H29N3O4. The average Bonchev–Trinajstić information content (AvgIpc) is 2.53. The molecule has 144 valence electrons. The van der Waals surface area contributed by atoms with Crippen molar-refractivity contribution in [1.29, 1.82) is 0 Å². The maximum atomic E-state index is 12.5. The first-order valence-corrected chi connectivity index (χ1v) is 9.60. The fourth-order valence-electron chi connectivity index (χ4n) is 4.15. The standard InChI is InChI=1S/C19H29N3O4/c1-19(2,3)26-18(25)20-12-7-6-8-13(11-12)22-15-10-5-4-9-14(15)16(23)21-17(22)24/h12-13H,4-11H2,1-3H3,(H,20,25)(H,21,23,24). The molecule has 0 saturated heterocycles. The number of fused-ring (bicyclic) bond motifs is 1. The van der Waals surface area contributed by atoms with Crippen LogP contribution in [0.4, 0.5) is 4.79 Å². The van der Waals surface area contributed by atoms with Gasteiger partial charge in [-0.1, -0.05) is 0 Å². The van der Waals surface area contributed by atoms with Gasteiger partial charge in [0.25, 0.3) is 5.56 Å². The molecule has 2 unspecified atom stereocenters. The van der Waals surface area contributed by atoms with Gasteiger partial charge in [-0.15, -0.1) is 0 Å². The zero-order valence-corrected chi connectivity index (χ0v) is 15.9. The van der Waals surface area contributed by atoms with Crippen molar-refractivity contribution in [3.05, 3.63) is 32.1 Å². The van der Waals surface area contributed by atoms with Crippen molar-refractivity contribution in [3.8, 4) is 0 Å². The van der Waals surface area contributed by atoms with Crippen LogP contribution in [0.1, 0.15) is 76.6 Å². The van der Waals surface area contributed by atoms with Crippen LogP contribution in [0.5, 0.6) is 0 Å². The van der Waals surface area contributed by atoms with Gasteiger partial charge in [-0.25, -0.2) is 9.59 Å². The van der Waals surface area contributed by atoms with Gasteiger partial charge in [-0.2, -0.15) is 0 Å². The lowest BCUT2D eigenvalue weighted by Crippen LogP contribution is -2.45. The van der Waals surface area contributed by atoms with E-state index in [-0.39, 0.29) is 23.3 Å². The first-order valence-electron chi connectivity index (χ1n) is 9.60. The lowest BCUT2D eigenvalue weighted by molar-refractivity contribution is 0.0485. The first-order chi connectivity index (χ1) is 12.2. The van der Waals surface area contributed by atoms with Gasteiger partial charge in [0.1, 0.15) is 5.60 Å². The van der Waals surface area contributed by atoms with E-state index in [4.69, 9.17) is 4.74 Å². The third-order valence-electron chi connectivity index (χ3n) is 5.18. The second-order valence-corrected chi connectivity index (χ2v) is 8.43. The molecule has 2 aliphatic carbocycles. The molecule has 3 rings (SSSR count). The summed E-state index contributed by atoms with van der Waals surface area (Å²) in [5, 5.41) is 2.94. The Morgan fingerprint density at radius 3 is 2.62 bits per heavy atom. The predicted molar refractivity (Wildman–Crippen MR) is 98.6 cm³/mol. The number of carbonyl (C=O) groups is 1. The van der Waals surface area contributed by atoms with E-state index in [9.17, 15) is 14.4 Å². The van der Waals surface area contributed by atoms with Gasteiger partial charge in [0.2, 0.25) is 0 Å². The first kappa shape index (κ1) is 18.7. The van der Waals surface area contributed by atoms with Crippen LogP contribution in [0.15, 0.2) is 9.59 Å². The molecule has 0 bridgehead atoms. The molecule has 26 heavy (non-hydrogen) atoms. The molecular weight excluding hydrogens is 334 g/mol. The Kier molecular flexibility index (Phi) is 5.25. The molecule has 0 spiro atoms. The number of rotatable bonds is 2. The van der Waals surface area contributed by atoms with Crippen molar-refractivity contribution in [3.63, 3.8) is 0 Å². The van der Waals surface area contributed by atoms with Crippen molar-refractivity contribution < 1.29 is 9.53 Å². The molecule has 1 aromatic heterocycles. The number of hydrogen-bond acceptors (Lipinski definition) is 4. The van der Waals surface area contributed by atoms with E-state index in [1.54, 1.807) is 4.57 Å². The zero-order chi connectivity index (χ0) is 18.9. The van der Waals surface area contributed by atoms with E-state index < -0.39 is 11.7 Å². The van der Waals surface area contributed by atoms with E-state index in [1.807, 2.05) is 20.8 Å². The second kappa shape index (κ2) is 7.29. The van der Waals surface area contributed by atoms with Crippen LogP contribution in [-0.2, 0) is 17.6 Å². The summed E-state index contributed by atoms with van der Waals surface area (Å²) in [4.78, 5) is 39.2. The largest absolute Gasteiger partial charge is 0.444 e. The molecule has 7 nitrogen and oxygen atoms in total. The summed E-state index contributed by atoms with van der Waals surface area (Å²) in [6.07, 6.45) is 6.43. The number of hydrogen-bond donors (Lipinski definition) is 2. The Bertz CT molecular complexity index is 787. The highest BCUT2D eigenvalue weighted by molar-refractivity contribution is 5.68. The third-order valence-corrected chi connectivity index (χ3v) is 5.18. The third kappa shape index (κ3) is 4.19. The number of carbonyl (C=O) groups excluding carboxylic acids is 1. The molecule has 2 aliphatic rings. The number of H-pyrrole nitrogens is 1. The van der Waals surface area contributed by atoms with Gasteiger partial charge >= 0.3 is 11.8 Å². The molecule has 1 heterocycles. The SMILES string of the molecule is CC(C)(C)OC(=O)NC1CCCC(n2c3c(c(=O)[nH]c2=O)CCCC3)C1. The fraction of sp³-hybridized carbons (Fsp3) is 0.737. The van der Waals surface area contributed by atoms with Gasteiger partial charge in [-0.05, 0) is 72.1 Å². The smallest absolute Gasteiger partial charge is 0.407 e. The quantitative estimate of drug-likeness (QED) is 0.844. The Morgan fingerprint density at radius 2 is 1.88 bits per heavy atom. The van der Waals surface area contributed by atoms with Crippen LogP contribution < -0.4 is 16.6 Å². The molecule has 1 aromatic rings. The molecule has 7 heteroatoms. The van der Waals surface area contributed by atoms with Crippen molar-refractivity contribution >= 4 is 6.09 Å². The number of aromatic amines is 1. The fourth-order valence-corrected chi connectivity index (χ4v) is 4.15. The summed E-state index contributed by atoms with van der Waals surface area (Å²) in [7, 11) is 0. The second-order valence-electron chi connectivity index (χ2n) is 8.43. The predicted octanol–water partition coefficient (Wildman–Crippen LogP) is 2.42. The molecule has 1 amide bonds. The highest BCUT2D eigenvalue weighted by Gasteiger charge is 2.29. The van der Waals surface area contributed by atoms with E-state index >= 15 is 0 Å². The molecule has 2 N–H and O–H groups in total. The van der Waals surface area contributed by atoms with Gasteiger partial charge in [-0.3, -0.25) is 14.3 Å². The van der Waals surface area contributed by atoms with Crippen molar-refractivity contribution in [2.75, 3.05) is 0 Å². The van der Waals surface area contributed by atoms with Crippen molar-refractivity contribution in [1.82, 2.24) is 14.9 Å². The van der Waals surface area contributed by atoms with Crippen molar-refractivity contribution in [2.24, 2.45) is 0 Å². The van der Waals surface area contributed by atoms with Crippen LogP contribution in [0.2, 0.25) is 0 Å². The maximum absolute atomic E-state index is 12.5. The number of amides is 1. The zero-order valence-electron chi connectivity index (χ0n) is 15.9. The van der Waals surface area contributed by atoms with Gasteiger partial charge in [0.15, 0.2) is 0 Å². The normalized spacial score (nSPS) is 23.2. The highest BCUT2D eigenvalue weighted by atomic mass is 16.6. The number of aromatic nitrogens is 2. The van der Waals surface area contributed by atoms with E-state index in [0.29, 0.717) is 6.42 Å².